The van der Waals surface area contributed by atoms with Crippen molar-refractivity contribution in [3.8, 4) is 45.1 Å². The lowest BCUT2D eigenvalue weighted by atomic mass is 9.65. The topological polar surface area (TPSA) is 59.9 Å². The van der Waals surface area contributed by atoms with Crippen LogP contribution in [0.3, 0.4) is 0 Å². The number of aromatic nitrogens is 3. The highest BCUT2D eigenvalue weighted by atomic mass is 16.5. The SMILES string of the molecule is C1=Cc2ccc3ccc(-c4ccc5c(c4)C4(c6ccccc6Oc6ccc(-c7ccc8ccc9cccnc9c8n7)cc64)c4ccccc4-5)nc3c2NC1. The highest BCUT2D eigenvalue weighted by molar-refractivity contribution is 6.03. The van der Waals surface area contributed by atoms with E-state index < -0.39 is 5.41 Å². The molecule has 9 aromatic rings. The molecule has 1 unspecified atom stereocenters. The average molecular weight is 691 g/mol. The minimum absolute atomic E-state index is 0.643. The minimum atomic E-state index is -0.643. The van der Waals surface area contributed by atoms with E-state index in [9.17, 15) is 0 Å². The fourth-order valence-corrected chi connectivity index (χ4v) is 9.14. The van der Waals surface area contributed by atoms with Gasteiger partial charge in [0.1, 0.15) is 11.5 Å². The number of nitrogens with zero attached hydrogens (tertiary/aromatic N) is 3. The fourth-order valence-electron chi connectivity index (χ4n) is 9.14. The largest absolute Gasteiger partial charge is 0.457 e. The molecule has 1 atom stereocenters. The van der Waals surface area contributed by atoms with Crippen LogP contribution in [0.15, 0.2) is 158 Å². The second-order valence-electron chi connectivity index (χ2n) is 14.4. The molecule has 5 heteroatoms. The van der Waals surface area contributed by atoms with Crippen LogP contribution in [0.5, 0.6) is 11.5 Å². The molecule has 1 N–H and O–H groups in total. The molecule has 252 valence electrons. The Morgan fingerprint density at radius 2 is 1.19 bits per heavy atom. The molecule has 0 bridgehead atoms. The Balaban J connectivity index is 1.11. The summed E-state index contributed by atoms with van der Waals surface area (Å²) in [6, 6.07) is 52.0. The first-order valence-corrected chi connectivity index (χ1v) is 18.4. The fraction of sp³-hybridized carbons (Fsp3) is 0.0408. The van der Waals surface area contributed by atoms with E-state index in [2.05, 4.69) is 157 Å². The average Bonchev–Trinajstić information content (AvgIpc) is 3.53. The third kappa shape index (κ3) is 4.01. The van der Waals surface area contributed by atoms with Crippen LogP contribution >= 0.6 is 0 Å². The van der Waals surface area contributed by atoms with Crippen LogP contribution in [0, 0.1) is 0 Å². The first-order valence-electron chi connectivity index (χ1n) is 18.4. The van der Waals surface area contributed by atoms with Crippen LogP contribution in [-0.2, 0) is 5.41 Å². The molecule has 54 heavy (non-hydrogen) atoms. The van der Waals surface area contributed by atoms with Gasteiger partial charge in [-0.2, -0.15) is 0 Å². The Morgan fingerprint density at radius 3 is 2.07 bits per heavy atom. The summed E-state index contributed by atoms with van der Waals surface area (Å²) in [4.78, 5) is 15.3. The Kier molecular flexibility index (Phi) is 5.98. The summed E-state index contributed by atoms with van der Waals surface area (Å²) >= 11 is 0. The number of hydrogen-bond acceptors (Lipinski definition) is 5. The molecule has 0 radical (unpaired) electrons. The maximum Gasteiger partial charge on any atom is 0.132 e. The predicted octanol–water partition coefficient (Wildman–Crippen LogP) is 11.6. The Morgan fingerprint density at radius 1 is 0.519 bits per heavy atom. The number of para-hydroxylation sites is 1. The molecule has 2 aliphatic heterocycles. The molecule has 5 heterocycles. The van der Waals surface area contributed by atoms with Crippen molar-refractivity contribution >= 4 is 44.5 Å². The highest BCUT2D eigenvalue weighted by Crippen LogP contribution is 2.62. The number of nitrogens with one attached hydrogen (secondary N) is 1. The van der Waals surface area contributed by atoms with Crippen LogP contribution < -0.4 is 10.1 Å². The minimum Gasteiger partial charge on any atom is -0.457 e. The molecule has 0 fully saturated rings. The van der Waals surface area contributed by atoms with Crippen molar-refractivity contribution in [3.63, 3.8) is 0 Å². The smallest absolute Gasteiger partial charge is 0.132 e. The van der Waals surface area contributed by atoms with Gasteiger partial charge in [-0.25, -0.2) is 9.97 Å². The molecule has 0 saturated carbocycles. The van der Waals surface area contributed by atoms with Gasteiger partial charge in [-0.05, 0) is 76.3 Å². The number of ether oxygens (including phenoxy) is 1. The maximum absolute atomic E-state index is 6.77. The van der Waals surface area contributed by atoms with Crippen molar-refractivity contribution in [1.82, 2.24) is 15.0 Å². The Hall–Kier alpha value is -7.11. The maximum atomic E-state index is 6.77. The third-order valence-electron chi connectivity index (χ3n) is 11.6. The number of benzene rings is 6. The van der Waals surface area contributed by atoms with Crippen molar-refractivity contribution < 1.29 is 4.74 Å². The zero-order valence-corrected chi connectivity index (χ0v) is 29.0. The number of hydrogen-bond donors (Lipinski definition) is 1. The quantitative estimate of drug-likeness (QED) is 0.183. The van der Waals surface area contributed by atoms with Crippen molar-refractivity contribution in [1.29, 1.82) is 0 Å². The van der Waals surface area contributed by atoms with Gasteiger partial charge < -0.3 is 10.1 Å². The van der Waals surface area contributed by atoms with Gasteiger partial charge in [0.2, 0.25) is 0 Å². The summed E-state index contributed by atoms with van der Waals surface area (Å²) in [5, 5.41) is 6.84. The molecule has 3 aliphatic rings. The lowest BCUT2D eigenvalue weighted by Crippen LogP contribution is -2.32. The Bertz CT molecular complexity index is 3110. The number of anilines is 1. The molecule has 3 aromatic heterocycles. The first kappa shape index (κ1) is 29.5. The van der Waals surface area contributed by atoms with Gasteiger partial charge in [0.15, 0.2) is 0 Å². The molecular formula is C49H30N4O. The van der Waals surface area contributed by atoms with Crippen molar-refractivity contribution in [2.24, 2.45) is 0 Å². The Labute approximate surface area is 311 Å². The van der Waals surface area contributed by atoms with Crippen LogP contribution in [-0.4, -0.2) is 21.5 Å². The van der Waals surface area contributed by atoms with E-state index in [-0.39, 0.29) is 0 Å². The molecule has 0 saturated heterocycles. The van der Waals surface area contributed by atoms with Crippen LogP contribution in [0.25, 0.3) is 72.4 Å². The van der Waals surface area contributed by atoms with Gasteiger partial charge in [0.25, 0.3) is 0 Å². The standard InChI is InChI=1S/C49H30N4O/c1-2-10-37-35(9-1)36-21-17-33(41-22-18-31-15-13-29-7-5-25-50-45(29)47(31)52-41)27-39(36)49(37)38-11-3-4-12-43(38)54-44-24-20-34(28-40(44)49)42-23-19-32-16-14-30-8-6-26-51-46(30)48(32)53-42/h1-24,26-28,50H,25H2. The normalized spacial score (nSPS) is 16.0. The molecule has 6 aromatic carbocycles. The van der Waals surface area contributed by atoms with E-state index in [1.807, 2.05) is 12.3 Å². The lowest BCUT2D eigenvalue weighted by Gasteiger charge is -2.39. The van der Waals surface area contributed by atoms with E-state index in [4.69, 9.17) is 19.7 Å². The van der Waals surface area contributed by atoms with E-state index >= 15 is 0 Å². The second-order valence-corrected chi connectivity index (χ2v) is 14.4. The number of pyridine rings is 3. The summed E-state index contributed by atoms with van der Waals surface area (Å²) in [6.45, 7) is 0.794. The summed E-state index contributed by atoms with van der Waals surface area (Å²) in [7, 11) is 0. The van der Waals surface area contributed by atoms with Gasteiger partial charge in [-0.15, -0.1) is 0 Å². The summed E-state index contributed by atoms with van der Waals surface area (Å²) in [5.74, 6) is 1.70. The monoisotopic (exact) mass is 690 g/mol. The second kappa shape index (κ2) is 11.0. The van der Waals surface area contributed by atoms with E-state index in [0.717, 1.165) is 90.1 Å². The van der Waals surface area contributed by atoms with E-state index in [1.165, 1.54) is 27.8 Å². The molecule has 5 nitrogen and oxygen atoms in total. The molecule has 0 amide bonds. The van der Waals surface area contributed by atoms with Crippen molar-refractivity contribution in [3.05, 3.63) is 186 Å². The number of rotatable bonds is 2. The van der Waals surface area contributed by atoms with E-state index in [0.29, 0.717) is 0 Å². The van der Waals surface area contributed by atoms with Gasteiger partial charge >= 0.3 is 0 Å². The van der Waals surface area contributed by atoms with Crippen LogP contribution in [0.2, 0.25) is 0 Å². The van der Waals surface area contributed by atoms with Gasteiger partial charge in [-0.1, -0.05) is 109 Å². The van der Waals surface area contributed by atoms with Crippen molar-refractivity contribution in [2.45, 2.75) is 5.41 Å². The van der Waals surface area contributed by atoms with E-state index in [1.54, 1.807) is 0 Å². The highest BCUT2D eigenvalue weighted by Gasteiger charge is 2.51. The molecule has 1 spiro atoms. The van der Waals surface area contributed by atoms with Crippen LogP contribution in [0.4, 0.5) is 5.69 Å². The predicted molar refractivity (Wildman–Crippen MR) is 218 cm³/mol. The third-order valence-corrected chi connectivity index (χ3v) is 11.6. The molecule has 12 rings (SSSR count). The van der Waals surface area contributed by atoms with Crippen molar-refractivity contribution in [2.75, 3.05) is 11.9 Å². The zero-order valence-electron chi connectivity index (χ0n) is 29.0. The lowest BCUT2D eigenvalue weighted by molar-refractivity contribution is 0.436. The van der Waals surface area contributed by atoms with Gasteiger partial charge in [-0.3, -0.25) is 4.98 Å². The zero-order chi connectivity index (χ0) is 35.4. The van der Waals surface area contributed by atoms with Gasteiger partial charge in [0.05, 0.1) is 39.0 Å². The number of fused-ring (bicyclic) bond motifs is 15. The van der Waals surface area contributed by atoms with Crippen LogP contribution in [0.1, 0.15) is 27.8 Å². The summed E-state index contributed by atoms with van der Waals surface area (Å²) < 4.78 is 6.77. The van der Waals surface area contributed by atoms with Gasteiger partial charge in [0, 0.05) is 51.2 Å². The molecule has 1 aliphatic carbocycles. The first-order chi connectivity index (χ1) is 26.7. The molecular weight excluding hydrogens is 661 g/mol. The summed E-state index contributed by atoms with van der Waals surface area (Å²) in [5.41, 5.74) is 15.5. The summed E-state index contributed by atoms with van der Waals surface area (Å²) in [6.07, 6.45) is 6.17.